The van der Waals surface area contributed by atoms with Crippen molar-refractivity contribution >= 4 is 0 Å². The lowest BCUT2D eigenvalue weighted by atomic mass is 9.98. The van der Waals surface area contributed by atoms with Crippen molar-refractivity contribution in [1.82, 2.24) is 5.32 Å². The predicted molar refractivity (Wildman–Crippen MR) is 71.1 cm³/mol. The van der Waals surface area contributed by atoms with Crippen LogP contribution in [0, 0.1) is 12.8 Å². The summed E-state index contributed by atoms with van der Waals surface area (Å²) in [5.41, 5.74) is 2.68. The van der Waals surface area contributed by atoms with E-state index in [-0.39, 0.29) is 0 Å². The molecule has 94 valence electrons. The van der Waals surface area contributed by atoms with E-state index in [1.54, 1.807) is 0 Å². The summed E-state index contributed by atoms with van der Waals surface area (Å²) < 4.78 is 5.44. The quantitative estimate of drug-likeness (QED) is 0.863. The van der Waals surface area contributed by atoms with E-state index in [0.29, 0.717) is 18.0 Å². The molecule has 17 heavy (non-hydrogen) atoms. The molecule has 0 spiro atoms. The molecule has 0 amide bonds. The fourth-order valence-corrected chi connectivity index (χ4v) is 2.43. The van der Waals surface area contributed by atoms with Gasteiger partial charge in [-0.1, -0.05) is 29.8 Å². The average Bonchev–Trinajstić information content (AvgIpc) is 2.83. The molecule has 1 aliphatic rings. The van der Waals surface area contributed by atoms with E-state index in [0.717, 1.165) is 13.2 Å². The Morgan fingerprint density at radius 1 is 1.24 bits per heavy atom. The van der Waals surface area contributed by atoms with E-state index in [9.17, 15) is 0 Å². The van der Waals surface area contributed by atoms with Crippen LogP contribution in [-0.2, 0) is 4.74 Å². The number of hydrogen-bond donors (Lipinski definition) is 1. The van der Waals surface area contributed by atoms with Gasteiger partial charge in [-0.2, -0.15) is 0 Å². The molecule has 1 aromatic rings. The third kappa shape index (κ3) is 3.30. The third-order valence-corrected chi connectivity index (χ3v) is 3.76. The second-order valence-corrected chi connectivity index (χ2v) is 5.21. The van der Waals surface area contributed by atoms with E-state index in [2.05, 4.69) is 50.4 Å². The summed E-state index contributed by atoms with van der Waals surface area (Å²) in [5, 5.41) is 3.68. The monoisotopic (exact) mass is 233 g/mol. The highest BCUT2D eigenvalue weighted by Crippen LogP contribution is 2.20. The topological polar surface area (TPSA) is 21.3 Å². The van der Waals surface area contributed by atoms with Gasteiger partial charge in [0.05, 0.1) is 6.61 Å². The summed E-state index contributed by atoms with van der Waals surface area (Å²) in [7, 11) is 0. The van der Waals surface area contributed by atoms with Crippen molar-refractivity contribution in [1.29, 1.82) is 0 Å². The molecule has 1 aliphatic heterocycles. The molecule has 1 N–H and O–H groups in total. The van der Waals surface area contributed by atoms with Crippen LogP contribution in [0.3, 0.4) is 0 Å². The van der Waals surface area contributed by atoms with Crippen LogP contribution >= 0.6 is 0 Å². The summed E-state index contributed by atoms with van der Waals surface area (Å²) in [6.07, 6.45) is 1.19. The molecule has 2 unspecified atom stereocenters. The van der Waals surface area contributed by atoms with Crippen LogP contribution in [0.1, 0.15) is 37.4 Å². The minimum absolute atomic E-state index is 0.409. The van der Waals surface area contributed by atoms with Crippen molar-refractivity contribution in [3.63, 3.8) is 0 Å². The van der Waals surface area contributed by atoms with Crippen LogP contribution in [0.15, 0.2) is 24.3 Å². The Kier molecular flexibility index (Phi) is 4.19. The summed E-state index contributed by atoms with van der Waals surface area (Å²) in [4.78, 5) is 0. The molecular formula is C15H23NO. The Morgan fingerprint density at radius 2 is 1.94 bits per heavy atom. The third-order valence-electron chi connectivity index (χ3n) is 3.76. The van der Waals surface area contributed by atoms with Crippen molar-refractivity contribution < 1.29 is 4.74 Å². The predicted octanol–water partition coefficient (Wildman–Crippen LogP) is 3.07. The number of ether oxygens (including phenoxy) is 1. The standard InChI is InChI=1S/C15H23NO/c1-11-4-6-14(7-5-11)12(2)16-13(3)15-8-9-17-10-15/h4-7,12-13,15-16H,8-10H2,1-3H3/t12-,13?,15?/m0/s1. The number of rotatable bonds is 4. The molecule has 2 heteroatoms. The molecule has 2 nitrogen and oxygen atoms in total. The van der Waals surface area contributed by atoms with Gasteiger partial charge in [-0.15, -0.1) is 0 Å². The highest BCUT2D eigenvalue weighted by Gasteiger charge is 2.23. The number of nitrogens with one attached hydrogen (secondary N) is 1. The van der Waals surface area contributed by atoms with Gasteiger partial charge in [0.25, 0.3) is 0 Å². The van der Waals surface area contributed by atoms with Gasteiger partial charge in [0.2, 0.25) is 0 Å². The van der Waals surface area contributed by atoms with Gasteiger partial charge >= 0.3 is 0 Å². The Labute approximate surface area is 104 Å². The molecule has 1 fully saturated rings. The summed E-state index contributed by atoms with van der Waals surface area (Å²) >= 11 is 0. The summed E-state index contributed by atoms with van der Waals surface area (Å²) in [6, 6.07) is 9.71. The van der Waals surface area contributed by atoms with Crippen molar-refractivity contribution in [2.24, 2.45) is 5.92 Å². The van der Waals surface area contributed by atoms with Crippen molar-refractivity contribution in [2.75, 3.05) is 13.2 Å². The van der Waals surface area contributed by atoms with Gasteiger partial charge in [0, 0.05) is 18.7 Å². The molecule has 1 heterocycles. The Bertz CT molecular complexity index is 340. The van der Waals surface area contributed by atoms with Gasteiger partial charge in [0.15, 0.2) is 0 Å². The molecule has 1 aromatic carbocycles. The van der Waals surface area contributed by atoms with Gasteiger partial charge in [-0.05, 0) is 38.7 Å². The number of benzene rings is 1. The van der Waals surface area contributed by atoms with Crippen molar-refractivity contribution in [3.8, 4) is 0 Å². The maximum Gasteiger partial charge on any atom is 0.0509 e. The molecule has 0 bridgehead atoms. The molecule has 0 aliphatic carbocycles. The smallest absolute Gasteiger partial charge is 0.0509 e. The number of hydrogen-bond acceptors (Lipinski definition) is 2. The van der Waals surface area contributed by atoms with Gasteiger partial charge in [-0.3, -0.25) is 0 Å². The lowest BCUT2D eigenvalue weighted by Gasteiger charge is -2.24. The zero-order valence-electron chi connectivity index (χ0n) is 11.1. The second-order valence-electron chi connectivity index (χ2n) is 5.21. The van der Waals surface area contributed by atoms with Crippen LogP contribution in [0.4, 0.5) is 0 Å². The maximum absolute atomic E-state index is 5.44. The van der Waals surface area contributed by atoms with Gasteiger partial charge in [-0.25, -0.2) is 0 Å². The zero-order chi connectivity index (χ0) is 12.3. The first-order valence-corrected chi connectivity index (χ1v) is 6.57. The van der Waals surface area contributed by atoms with Crippen LogP contribution in [0.25, 0.3) is 0 Å². The van der Waals surface area contributed by atoms with Crippen molar-refractivity contribution in [2.45, 2.75) is 39.3 Å². The van der Waals surface area contributed by atoms with Crippen molar-refractivity contribution in [3.05, 3.63) is 35.4 Å². The lowest BCUT2D eigenvalue weighted by molar-refractivity contribution is 0.177. The van der Waals surface area contributed by atoms with Crippen LogP contribution < -0.4 is 5.32 Å². The Hall–Kier alpha value is -0.860. The van der Waals surface area contributed by atoms with Crippen LogP contribution in [-0.4, -0.2) is 19.3 Å². The van der Waals surface area contributed by atoms with E-state index in [1.807, 2.05) is 0 Å². The first kappa shape index (κ1) is 12.6. The number of aryl methyl sites for hydroxylation is 1. The van der Waals surface area contributed by atoms with E-state index >= 15 is 0 Å². The minimum atomic E-state index is 0.409. The highest BCUT2D eigenvalue weighted by atomic mass is 16.5. The molecular weight excluding hydrogens is 210 g/mol. The van der Waals surface area contributed by atoms with E-state index in [1.165, 1.54) is 17.5 Å². The fraction of sp³-hybridized carbons (Fsp3) is 0.600. The van der Waals surface area contributed by atoms with Crippen LogP contribution in [0.2, 0.25) is 0 Å². The zero-order valence-corrected chi connectivity index (χ0v) is 11.1. The average molecular weight is 233 g/mol. The molecule has 0 saturated carbocycles. The van der Waals surface area contributed by atoms with E-state index < -0.39 is 0 Å². The van der Waals surface area contributed by atoms with E-state index in [4.69, 9.17) is 4.74 Å². The summed E-state index contributed by atoms with van der Waals surface area (Å²) in [6.45, 7) is 8.46. The normalized spacial score (nSPS) is 23.6. The SMILES string of the molecule is Cc1ccc([C@H](C)NC(C)C2CCOC2)cc1. The fourth-order valence-electron chi connectivity index (χ4n) is 2.43. The highest BCUT2D eigenvalue weighted by molar-refractivity contribution is 5.23. The van der Waals surface area contributed by atoms with Gasteiger partial charge < -0.3 is 10.1 Å². The van der Waals surface area contributed by atoms with Crippen LogP contribution in [0.5, 0.6) is 0 Å². The molecule has 0 radical (unpaired) electrons. The minimum Gasteiger partial charge on any atom is -0.381 e. The first-order chi connectivity index (χ1) is 8.16. The van der Waals surface area contributed by atoms with Gasteiger partial charge in [0.1, 0.15) is 0 Å². The second kappa shape index (κ2) is 5.65. The Balaban J connectivity index is 1.91. The molecule has 0 aromatic heterocycles. The Morgan fingerprint density at radius 3 is 2.53 bits per heavy atom. The first-order valence-electron chi connectivity index (χ1n) is 6.57. The molecule has 2 rings (SSSR count). The largest absolute Gasteiger partial charge is 0.381 e. The molecule has 3 atom stereocenters. The maximum atomic E-state index is 5.44. The molecule has 1 saturated heterocycles. The summed E-state index contributed by atoms with van der Waals surface area (Å²) in [5.74, 6) is 0.669. The lowest BCUT2D eigenvalue weighted by Crippen LogP contribution is -2.35.